The summed E-state index contributed by atoms with van der Waals surface area (Å²) in [6.45, 7) is 0. The lowest BCUT2D eigenvalue weighted by Crippen LogP contribution is -2.67. The Morgan fingerprint density at radius 3 is 1.07 bits per heavy atom. The largest absolute Gasteiger partial charge is 0.324 e. The van der Waals surface area contributed by atoms with Gasteiger partial charge in [0.05, 0.1) is 0 Å². The number of rotatable bonds is 1. The van der Waals surface area contributed by atoms with Gasteiger partial charge in [-0.1, -0.05) is 38.5 Å². The van der Waals surface area contributed by atoms with E-state index in [-0.39, 0.29) is 11.1 Å². The average molecular weight is 196 g/mol. The van der Waals surface area contributed by atoms with Crippen LogP contribution in [0.2, 0.25) is 0 Å². The fourth-order valence-corrected chi connectivity index (χ4v) is 3.36. The summed E-state index contributed by atoms with van der Waals surface area (Å²) in [6.07, 6.45) is 12.5. The molecule has 0 spiro atoms. The Bertz CT molecular complexity index is 166. The van der Waals surface area contributed by atoms with Crippen molar-refractivity contribution in [3.05, 3.63) is 0 Å². The number of hydrogen-bond acceptors (Lipinski definition) is 2. The quantitative estimate of drug-likeness (QED) is 0.676. The van der Waals surface area contributed by atoms with Crippen LogP contribution in [0.15, 0.2) is 0 Å². The van der Waals surface area contributed by atoms with Gasteiger partial charge in [0, 0.05) is 11.1 Å². The first-order valence-corrected chi connectivity index (χ1v) is 6.24. The Hall–Kier alpha value is -0.0800. The van der Waals surface area contributed by atoms with Crippen LogP contribution >= 0.6 is 0 Å². The maximum Gasteiger partial charge on any atom is 0.0336 e. The van der Waals surface area contributed by atoms with Gasteiger partial charge in [0.15, 0.2) is 0 Å². The zero-order valence-corrected chi connectivity index (χ0v) is 9.23. The highest BCUT2D eigenvalue weighted by Crippen LogP contribution is 2.41. The van der Waals surface area contributed by atoms with Crippen molar-refractivity contribution in [2.24, 2.45) is 11.5 Å². The summed E-state index contributed by atoms with van der Waals surface area (Å²) < 4.78 is 0. The van der Waals surface area contributed by atoms with Crippen LogP contribution in [0.5, 0.6) is 0 Å². The van der Waals surface area contributed by atoms with Crippen LogP contribution in [0.3, 0.4) is 0 Å². The minimum Gasteiger partial charge on any atom is -0.324 e. The van der Waals surface area contributed by atoms with Crippen molar-refractivity contribution in [3.8, 4) is 0 Å². The van der Waals surface area contributed by atoms with Crippen molar-refractivity contribution in [1.29, 1.82) is 0 Å². The molecule has 14 heavy (non-hydrogen) atoms. The third kappa shape index (κ3) is 1.70. The lowest BCUT2D eigenvalue weighted by atomic mass is 9.63. The maximum atomic E-state index is 6.54. The van der Waals surface area contributed by atoms with Crippen LogP contribution < -0.4 is 11.5 Å². The number of nitrogens with two attached hydrogens (primary N) is 2. The first-order chi connectivity index (χ1) is 6.66. The highest BCUT2D eigenvalue weighted by molar-refractivity contribution is 5.08. The lowest BCUT2D eigenvalue weighted by molar-refractivity contribution is 0.118. The van der Waals surface area contributed by atoms with Gasteiger partial charge in [-0.05, 0) is 25.7 Å². The maximum absolute atomic E-state index is 6.54. The van der Waals surface area contributed by atoms with E-state index in [0.29, 0.717) is 0 Å². The molecule has 2 heteroatoms. The molecule has 0 saturated heterocycles. The molecule has 0 heterocycles. The van der Waals surface area contributed by atoms with Gasteiger partial charge in [-0.3, -0.25) is 0 Å². The molecule has 0 aromatic carbocycles. The van der Waals surface area contributed by atoms with E-state index in [1.807, 2.05) is 0 Å². The van der Waals surface area contributed by atoms with E-state index < -0.39 is 0 Å². The van der Waals surface area contributed by atoms with E-state index in [4.69, 9.17) is 11.5 Å². The molecule has 0 radical (unpaired) electrons. The summed E-state index contributed by atoms with van der Waals surface area (Å²) in [7, 11) is 0. The van der Waals surface area contributed by atoms with E-state index in [1.54, 1.807) is 0 Å². The molecule has 0 atom stereocenters. The van der Waals surface area contributed by atoms with Gasteiger partial charge in [-0.25, -0.2) is 0 Å². The Morgan fingerprint density at radius 1 is 0.500 bits per heavy atom. The molecule has 0 amide bonds. The Labute approximate surface area is 87.4 Å². The molecule has 2 aliphatic carbocycles. The van der Waals surface area contributed by atoms with Crippen LogP contribution in [0, 0.1) is 0 Å². The minimum absolute atomic E-state index is 0.0360. The predicted molar refractivity (Wildman–Crippen MR) is 60.0 cm³/mol. The minimum atomic E-state index is -0.0360. The van der Waals surface area contributed by atoms with Gasteiger partial charge in [0.25, 0.3) is 0 Å². The second kappa shape index (κ2) is 3.82. The fourth-order valence-electron chi connectivity index (χ4n) is 3.36. The zero-order valence-electron chi connectivity index (χ0n) is 9.23. The monoisotopic (exact) mass is 196 g/mol. The molecule has 2 fully saturated rings. The fraction of sp³-hybridized carbons (Fsp3) is 1.00. The highest BCUT2D eigenvalue weighted by atomic mass is 14.9. The molecular weight excluding hydrogens is 172 g/mol. The average Bonchev–Trinajstić information content (AvgIpc) is 2.20. The van der Waals surface area contributed by atoms with Crippen molar-refractivity contribution < 1.29 is 0 Å². The molecule has 2 rings (SSSR count). The third-order valence-electron chi connectivity index (χ3n) is 4.48. The lowest BCUT2D eigenvalue weighted by Gasteiger charge is -2.50. The van der Waals surface area contributed by atoms with E-state index >= 15 is 0 Å². The second-order valence-corrected chi connectivity index (χ2v) is 5.43. The van der Waals surface area contributed by atoms with Crippen LogP contribution in [-0.4, -0.2) is 11.1 Å². The van der Waals surface area contributed by atoms with Crippen LogP contribution in [0.1, 0.15) is 64.2 Å². The Balaban J connectivity index is 2.09. The molecule has 2 saturated carbocycles. The number of hydrogen-bond donors (Lipinski definition) is 2. The van der Waals surface area contributed by atoms with Gasteiger partial charge < -0.3 is 11.5 Å². The van der Waals surface area contributed by atoms with Crippen LogP contribution in [-0.2, 0) is 0 Å². The van der Waals surface area contributed by atoms with Crippen molar-refractivity contribution in [2.45, 2.75) is 75.3 Å². The van der Waals surface area contributed by atoms with Gasteiger partial charge in [0.2, 0.25) is 0 Å². The molecule has 0 aliphatic heterocycles. The van der Waals surface area contributed by atoms with Crippen LogP contribution in [0.4, 0.5) is 0 Å². The second-order valence-electron chi connectivity index (χ2n) is 5.43. The molecule has 82 valence electrons. The summed E-state index contributed by atoms with van der Waals surface area (Å²) in [5, 5.41) is 0. The molecule has 0 unspecified atom stereocenters. The normalized spacial score (nSPS) is 31.3. The third-order valence-corrected chi connectivity index (χ3v) is 4.48. The topological polar surface area (TPSA) is 52.0 Å². The molecule has 0 bridgehead atoms. The predicted octanol–water partition coefficient (Wildman–Crippen LogP) is 2.31. The van der Waals surface area contributed by atoms with Gasteiger partial charge >= 0.3 is 0 Å². The molecular formula is C12H24N2. The molecule has 0 aromatic rings. The van der Waals surface area contributed by atoms with Crippen molar-refractivity contribution in [3.63, 3.8) is 0 Å². The van der Waals surface area contributed by atoms with Gasteiger partial charge in [0.1, 0.15) is 0 Å². The molecule has 0 aromatic heterocycles. The van der Waals surface area contributed by atoms with Crippen molar-refractivity contribution in [1.82, 2.24) is 0 Å². The summed E-state index contributed by atoms with van der Waals surface area (Å²) in [5.41, 5.74) is 13.0. The highest BCUT2D eigenvalue weighted by Gasteiger charge is 2.46. The smallest absolute Gasteiger partial charge is 0.0336 e. The Kier molecular flexibility index (Phi) is 2.85. The van der Waals surface area contributed by atoms with E-state index in [0.717, 1.165) is 25.7 Å². The van der Waals surface area contributed by atoms with E-state index in [9.17, 15) is 0 Å². The Morgan fingerprint density at radius 2 is 0.786 bits per heavy atom. The summed E-state index contributed by atoms with van der Waals surface area (Å²) >= 11 is 0. The van der Waals surface area contributed by atoms with Crippen molar-refractivity contribution in [2.75, 3.05) is 0 Å². The zero-order chi connectivity index (χ0) is 10.1. The molecule has 4 N–H and O–H groups in total. The SMILES string of the molecule is NC1(C2(N)CCCCC2)CCCCC1. The first kappa shape index (κ1) is 10.4. The molecule has 2 aliphatic rings. The summed E-state index contributed by atoms with van der Waals surface area (Å²) in [4.78, 5) is 0. The summed E-state index contributed by atoms with van der Waals surface area (Å²) in [6, 6.07) is 0. The van der Waals surface area contributed by atoms with Crippen LogP contribution in [0.25, 0.3) is 0 Å². The standard InChI is InChI=1S/C12H24N2/c13-11(7-3-1-4-8-11)12(14)9-5-2-6-10-12/h1-10,13-14H2. The van der Waals surface area contributed by atoms with Crippen molar-refractivity contribution >= 4 is 0 Å². The van der Waals surface area contributed by atoms with Gasteiger partial charge in [-0.15, -0.1) is 0 Å². The van der Waals surface area contributed by atoms with Gasteiger partial charge in [-0.2, -0.15) is 0 Å². The van der Waals surface area contributed by atoms with E-state index in [1.165, 1.54) is 38.5 Å². The first-order valence-electron chi connectivity index (χ1n) is 6.24. The summed E-state index contributed by atoms with van der Waals surface area (Å²) in [5.74, 6) is 0. The molecule has 2 nitrogen and oxygen atoms in total. The van der Waals surface area contributed by atoms with E-state index in [2.05, 4.69) is 0 Å².